The number of hydrogen-bond donors (Lipinski definition) is 1. The highest BCUT2D eigenvalue weighted by Crippen LogP contribution is 2.37. The zero-order valence-electron chi connectivity index (χ0n) is 11.4. The molecule has 0 aliphatic carbocycles. The molecule has 0 spiro atoms. The van der Waals surface area contributed by atoms with E-state index in [4.69, 9.17) is 5.73 Å². The van der Waals surface area contributed by atoms with Gasteiger partial charge in [0.2, 0.25) is 0 Å². The molecular formula is C14H18N2OS2. The third kappa shape index (κ3) is 4.09. The number of Topliss-reactive ketones (excluding diaryl/α,β-unsaturated/α-hetero) is 1. The van der Waals surface area contributed by atoms with E-state index < -0.39 is 0 Å². The minimum absolute atomic E-state index is 0.0749. The highest BCUT2D eigenvalue weighted by Gasteiger charge is 2.17. The van der Waals surface area contributed by atoms with E-state index in [0.717, 1.165) is 27.1 Å². The fourth-order valence-corrected chi connectivity index (χ4v) is 3.57. The average Bonchev–Trinajstić information content (AvgIpc) is 2.34. The van der Waals surface area contributed by atoms with Gasteiger partial charge in [0.05, 0.1) is 10.7 Å². The van der Waals surface area contributed by atoms with Crippen LogP contribution in [0.25, 0.3) is 0 Å². The van der Waals surface area contributed by atoms with Crippen LogP contribution in [-0.2, 0) is 0 Å². The van der Waals surface area contributed by atoms with Crippen molar-refractivity contribution in [2.24, 2.45) is 10.7 Å². The van der Waals surface area contributed by atoms with E-state index in [0.29, 0.717) is 5.56 Å². The number of nitrogens with two attached hydrogens (primary N) is 1. The van der Waals surface area contributed by atoms with E-state index in [-0.39, 0.29) is 11.3 Å². The molecular weight excluding hydrogens is 276 g/mol. The van der Waals surface area contributed by atoms with Gasteiger partial charge in [-0.3, -0.25) is 4.79 Å². The van der Waals surface area contributed by atoms with E-state index in [1.54, 1.807) is 30.4 Å². The largest absolute Gasteiger partial charge is 0.325 e. The molecule has 0 radical (unpaired) electrons. The van der Waals surface area contributed by atoms with Crippen molar-refractivity contribution in [3.05, 3.63) is 23.8 Å². The van der Waals surface area contributed by atoms with Crippen LogP contribution < -0.4 is 5.73 Å². The van der Waals surface area contributed by atoms with Gasteiger partial charge in [-0.05, 0) is 32.9 Å². The van der Waals surface area contributed by atoms with Crippen LogP contribution in [-0.4, -0.2) is 27.9 Å². The molecule has 3 nitrogen and oxygen atoms in total. The number of benzene rings is 1. The zero-order chi connectivity index (χ0) is 14.0. The number of ketones is 1. The summed E-state index contributed by atoms with van der Waals surface area (Å²) in [6, 6.07) is 5.72. The number of carbonyl (C=O) groups is 1. The molecule has 1 aromatic carbocycles. The topological polar surface area (TPSA) is 55.5 Å². The Bertz CT molecular complexity index is 533. The first-order valence-corrected chi connectivity index (χ1v) is 8.09. The first-order valence-electron chi connectivity index (χ1n) is 6.12. The van der Waals surface area contributed by atoms with E-state index in [1.165, 1.54) is 0 Å². The number of nitrogens with zero attached hydrogens (tertiary/aromatic N) is 1. The molecule has 0 saturated carbocycles. The summed E-state index contributed by atoms with van der Waals surface area (Å²) in [5, 5.41) is 1.08. The number of thioether (sulfide) groups is 2. The lowest BCUT2D eigenvalue weighted by atomic mass is 10.1. The van der Waals surface area contributed by atoms with Gasteiger partial charge in [-0.1, -0.05) is 6.07 Å². The Morgan fingerprint density at radius 2 is 2.26 bits per heavy atom. The third-order valence-electron chi connectivity index (χ3n) is 2.57. The molecule has 1 aliphatic heterocycles. The van der Waals surface area contributed by atoms with E-state index >= 15 is 0 Å². The molecule has 0 bridgehead atoms. The second-order valence-electron chi connectivity index (χ2n) is 5.31. The van der Waals surface area contributed by atoms with Crippen molar-refractivity contribution < 1.29 is 4.79 Å². The van der Waals surface area contributed by atoms with Crippen LogP contribution in [0.2, 0.25) is 0 Å². The van der Waals surface area contributed by atoms with Crippen LogP contribution in [0.1, 0.15) is 31.1 Å². The van der Waals surface area contributed by atoms with Gasteiger partial charge < -0.3 is 5.73 Å². The van der Waals surface area contributed by atoms with Crippen LogP contribution in [0.5, 0.6) is 0 Å². The molecule has 2 N–H and O–H groups in total. The molecule has 0 saturated heterocycles. The summed E-state index contributed by atoms with van der Waals surface area (Å²) in [7, 11) is 0. The van der Waals surface area contributed by atoms with Crippen LogP contribution in [0.4, 0.5) is 5.69 Å². The van der Waals surface area contributed by atoms with Crippen molar-refractivity contribution in [2.75, 3.05) is 11.5 Å². The summed E-state index contributed by atoms with van der Waals surface area (Å²) in [6.07, 6.45) is 0. The SMILES string of the molecule is CC(=O)c1ccc2c(c1)N=C(SCC(C)(C)N)CS2. The molecule has 0 atom stereocenters. The number of rotatable bonds is 3. The summed E-state index contributed by atoms with van der Waals surface area (Å²) < 4.78 is 0. The van der Waals surface area contributed by atoms with Crippen LogP contribution in [0.3, 0.4) is 0 Å². The van der Waals surface area contributed by atoms with Crippen molar-refractivity contribution in [3.63, 3.8) is 0 Å². The monoisotopic (exact) mass is 294 g/mol. The van der Waals surface area contributed by atoms with Crippen LogP contribution in [0.15, 0.2) is 28.1 Å². The summed E-state index contributed by atoms with van der Waals surface area (Å²) >= 11 is 3.47. The summed E-state index contributed by atoms with van der Waals surface area (Å²) in [5.41, 5.74) is 7.41. The first kappa shape index (κ1) is 14.6. The van der Waals surface area contributed by atoms with Crippen molar-refractivity contribution in [2.45, 2.75) is 31.2 Å². The molecule has 2 rings (SSSR count). The molecule has 0 fully saturated rings. The van der Waals surface area contributed by atoms with Gasteiger partial charge in [-0.15, -0.1) is 23.5 Å². The molecule has 0 unspecified atom stereocenters. The first-order chi connectivity index (χ1) is 8.85. The van der Waals surface area contributed by atoms with Gasteiger partial charge in [0.25, 0.3) is 0 Å². The van der Waals surface area contributed by atoms with Crippen molar-refractivity contribution >= 4 is 40.0 Å². The van der Waals surface area contributed by atoms with Crippen molar-refractivity contribution in [3.8, 4) is 0 Å². The molecule has 1 aliphatic rings. The van der Waals surface area contributed by atoms with Crippen LogP contribution >= 0.6 is 23.5 Å². The van der Waals surface area contributed by atoms with Gasteiger partial charge in [0.15, 0.2) is 5.78 Å². The lowest BCUT2D eigenvalue weighted by Gasteiger charge is -2.20. The molecule has 0 amide bonds. The number of carbonyl (C=O) groups excluding carboxylic acids is 1. The molecule has 0 aromatic heterocycles. The second-order valence-corrected chi connectivity index (χ2v) is 7.38. The number of fused-ring (bicyclic) bond motifs is 1. The maximum Gasteiger partial charge on any atom is 0.159 e. The second kappa shape index (κ2) is 5.69. The Kier molecular flexibility index (Phi) is 4.38. The maximum absolute atomic E-state index is 11.4. The van der Waals surface area contributed by atoms with Gasteiger partial charge in [-0.25, -0.2) is 4.99 Å². The smallest absolute Gasteiger partial charge is 0.159 e. The average molecular weight is 294 g/mol. The predicted octanol–water partition coefficient (Wildman–Crippen LogP) is 3.50. The molecule has 102 valence electrons. The Morgan fingerprint density at radius 1 is 1.53 bits per heavy atom. The summed E-state index contributed by atoms with van der Waals surface area (Å²) in [4.78, 5) is 17.2. The highest BCUT2D eigenvalue weighted by molar-refractivity contribution is 8.16. The maximum atomic E-state index is 11.4. The van der Waals surface area contributed by atoms with Gasteiger partial charge in [-0.2, -0.15) is 0 Å². The van der Waals surface area contributed by atoms with E-state index in [9.17, 15) is 4.79 Å². The standard InChI is InChI=1S/C14H18N2OS2/c1-9(17)10-4-5-12-11(6-10)16-13(7-18-12)19-8-14(2,3)15/h4-6H,7-8,15H2,1-3H3. The predicted molar refractivity (Wildman–Crippen MR) is 85.0 cm³/mol. The van der Waals surface area contributed by atoms with Crippen molar-refractivity contribution in [1.82, 2.24) is 0 Å². The zero-order valence-corrected chi connectivity index (χ0v) is 13.0. The fraction of sp³-hybridized carbons (Fsp3) is 0.429. The van der Waals surface area contributed by atoms with Gasteiger partial charge >= 0.3 is 0 Å². The summed E-state index contributed by atoms with van der Waals surface area (Å²) in [5.74, 6) is 1.80. The van der Waals surface area contributed by atoms with Crippen LogP contribution in [0, 0.1) is 0 Å². The number of hydrogen-bond acceptors (Lipinski definition) is 5. The third-order valence-corrected chi connectivity index (χ3v) is 5.29. The Hall–Kier alpha value is -0.780. The molecule has 19 heavy (non-hydrogen) atoms. The minimum Gasteiger partial charge on any atom is -0.325 e. The highest BCUT2D eigenvalue weighted by atomic mass is 32.2. The lowest BCUT2D eigenvalue weighted by molar-refractivity contribution is 0.101. The molecule has 1 aromatic rings. The Morgan fingerprint density at radius 3 is 2.89 bits per heavy atom. The minimum atomic E-state index is -0.195. The Balaban J connectivity index is 2.18. The van der Waals surface area contributed by atoms with E-state index in [2.05, 4.69) is 4.99 Å². The quantitative estimate of drug-likeness (QED) is 0.867. The lowest BCUT2D eigenvalue weighted by Crippen LogP contribution is -2.35. The summed E-state index contributed by atoms with van der Waals surface area (Å²) in [6.45, 7) is 5.60. The van der Waals surface area contributed by atoms with E-state index in [1.807, 2.05) is 32.0 Å². The normalized spacial score (nSPS) is 14.8. The number of aliphatic imine (C=N–C) groups is 1. The molecule has 1 heterocycles. The molecule has 5 heteroatoms. The fourth-order valence-electron chi connectivity index (χ4n) is 1.60. The van der Waals surface area contributed by atoms with Gasteiger partial charge in [0, 0.05) is 27.5 Å². The van der Waals surface area contributed by atoms with Gasteiger partial charge in [0.1, 0.15) is 0 Å². The Labute approximate surface area is 122 Å². The van der Waals surface area contributed by atoms with Crippen molar-refractivity contribution in [1.29, 1.82) is 0 Å².